The van der Waals surface area contributed by atoms with Crippen LogP contribution in [0.1, 0.15) is 17.7 Å². The number of nitrogen functional groups attached to an aromatic ring is 1. The Morgan fingerprint density at radius 2 is 2.00 bits per heavy atom. The zero-order chi connectivity index (χ0) is 17.1. The van der Waals surface area contributed by atoms with Crippen LogP contribution in [0.5, 0.6) is 11.5 Å². The molecule has 1 aromatic heterocycles. The van der Waals surface area contributed by atoms with Crippen molar-refractivity contribution >= 4 is 11.8 Å². The van der Waals surface area contributed by atoms with E-state index >= 15 is 0 Å². The van der Waals surface area contributed by atoms with Gasteiger partial charge in [-0.05, 0) is 25.1 Å². The Morgan fingerprint density at radius 1 is 1.16 bits per heavy atom. The number of para-hydroxylation sites is 2. The molecule has 132 valence electrons. The summed E-state index contributed by atoms with van der Waals surface area (Å²) in [6, 6.07) is 7.77. The van der Waals surface area contributed by atoms with Crippen LogP contribution in [0, 0.1) is 0 Å². The summed E-state index contributed by atoms with van der Waals surface area (Å²) in [5.74, 6) is 2.80. The van der Waals surface area contributed by atoms with E-state index in [0.717, 1.165) is 61.9 Å². The highest BCUT2D eigenvalue weighted by atomic mass is 16.6. The van der Waals surface area contributed by atoms with Gasteiger partial charge in [0, 0.05) is 31.5 Å². The van der Waals surface area contributed by atoms with Crippen LogP contribution in [0.2, 0.25) is 0 Å². The largest absolute Gasteiger partial charge is 0.486 e. The summed E-state index contributed by atoms with van der Waals surface area (Å²) in [7, 11) is 0. The van der Waals surface area contributed by atoms with Gasteiger partial charge in [0.1, 0.15) is 18.5 Å². The van der Waals surface area contributed by atoms with Gasteiger partial charge in [-0.25, -0.2) is 4.98 Å². The quantitative estimate of drug-likeness (QED) is 0.773. The predicted octanol–water partition coefficient (Wildman–Crippen LogP) is 1.39. The van der Waals surface area contributed by atoms with Gasteiger partial charge in [-0.2, -0.15) is 4.98 Å². The highest BCUT2D eigenvalue weighted by Gasteiger charge is 2.21. The average Bonchev–Trinajstić information content (AvgIpc) is 2.87. The molecule has 0 saturated heterocycles. The molecule has 0 radical (unpaired) electrons. The maximum atomic E-state index is 5.99. The van der Waals surface area contributed by atoms with Crippen molar-refractivity contribution in [2.75, 3.05) is 37.3 Å². The molecule has 2 aliphatic rings. The first-order chi connectivity index (χ1) is 12.3. The van der Waals surface area contributed by atoms with Gasteiger partial charge in [-0.1, -0.05) is 12.1 Å². The van der Waals surface area contributed by atoms with Gasteiger partial charge in [0.15, 0.2) is 11.5 Å². The van der Waals surface area contributed by atoms with Gasteiger partial charge in [0.05, 0.1) is 5.69 Å². The minimum Gasteiger partial charge on any atom is -0.486 e. The third kappa shape index (κ3) is 3.61. The monoisotopic (exact) mass is 341 g/mol. The molecule has 4 rings (SSSR count). The highest BCUT2D eigenvalue weighted by molar-refractivity contribution is 5.50. The lowest BCUT2D eigenvalue weighted by molar-refractivity contribution is 0.0873. The Bertz CT molecular complexity index is 752. The van der Waals surface area contributed by atoms with Crippen molar-refractivity contribution in [3.05, 3.63) is 35.5 Å². The Labute approximate surface area is 147 Å². The second-order valence-corrected chi connectivity index (χ2v) is 6.32. The van der Waals surface area contributed by atoms with E-state index in [1.807, 2.05) is 24.3 Å². The second-order valence-electron chi connectivity index (χ2n) is 6.32. The van der Waals surface area contributed by atoms with E-state index in [9.17, 15) is 0 Å². The molecule has 0 spiro atoms. The van der Waals surface area contributed by atoms with Gasteiger partial charge >= 0.3 is 0 Å². The Kier molecular flexibility index (Phi) is 4.56. The SMILES string of the molecule is Nc1nc2c(c(NCC[C@H]3COc4ccccc4O3)n1)CCNCC2. The molecule has 0 aliphatic carbocycles. The molecular formula is C18H23N5O2. The van der Waals surface area contributed by atoms with Gasteiger partial charge in [0.25, 0.3) is 0 Å². The van der Waals surface area contributed by atoms with Crippen molar-refractivity contribution in [1.29, 1.82) is 0 Å². The Morgan fingerprint density at radius 3 is 2.92 bits per heavy atom. The summed E-state index contributed by atoms with van der Waals surface area (Å²) in [5, 5.41) is 6.80. The lowest BCUT2D eigenvalue weighted by Gasteiger charge is -2.26. The van der Waals surface area contributed by atoms with Gasteiger partial charge in [-0.3, -0.25) is 0 Å². The molecule has 0 amide bonds. The predicted molar refractivity (Wildman–Crippen MR) is 96.2 cm³/mol. The molecule has 25 heavy (non-hydrogen) atoms. The zero-order valence-corrected chi connectivity index (χ0v) is 14.1. The van der Waals surface area contributed by atoms with Crippen molar-refractivity contribution in [2.24, 2.45) is 0 Å². The lowest BCUT2D eigenvalue weighted by Crippen LogP contribution is -2.31. The molecular weight excluding hydrogens is 318 g/mol. The summed E-state index contributed by atoms with van der Waals surface area (Å²) < 4.78 is 11.8. The third-order valence-electron chi connectivity index (χ3n) is 4.53. The van der Waals surface area contributed by atoms with Crippen LogP contribution >= 0.6 is 0 Å². The van der Waals surface area contributed by atoms with E-state index in [1.54, 1.807) is 0 Å². The minimum atomic E-state index is 0.0295. The molecule has 2 aliphatic heterocycles. The van der Waals surface area contributed by atoms with E-state index < -0.39 is 0 Å². The summed E-state index contributed by atoms with van der Waals surface area (Å²) in [6.07, 6.45) is 2.65. The molecule has 0 unspecified atom stereocenters. The third-order valence-corrected chi connectivity index (χ3v) is 4.53. The molecule has 7 heteroatoms. The van der Waals surface area contributed by atoms with Crippen LogP contribution in [-0.4, -0.2) is 42.3 Å². The highest BCUT2D eigenvalue weighted by Crippen LogP contribution is 2.31. The van der Waals surface area contributed by atoms with Crippen LogP contribution in [0.3, 0.4) is 0 Å². The summed E-state index contributed by atoms with van der Waals surface area (Å²) in [5.41, 5.74) is 8.09. The number of hydrogen-bond acceptors (Lipinski definition) is 7. The van der Waals surface area contributed by atoms with Crippen LogP contribution in [0.4, 0.5) is 11.8 Å². The minimum absolute atomic E-state index is 0.0295. The first-order valence-corrected chi connectivity index (χ1v) is 8.78. The number of benzene rings is 1. The summed E-state index contributed by atoms with van der Waals surface area (Å²) in [4.78, 5) is 8.80. The summed E-state index contributed by atoms with van der Waals surface area (Å²) in [6.45, 7) is 3.17. The first-order valence-electron chi connectivity index (χ1n) is 8.78. The fourth-order valence-electron chi connectivity index (χ4n) is 3.27. The number of anilines is 2. The summed E-state index contributed by atoms with van der Waals surface area (Å²) >= 11 is 0. The fourth-order valence-corrected chi connectivity index (χ4v) is 3.27. The van der Waals surface area contributed by atoms with Crippen molar-refractivity contribution in [2.45, 2.75) is 25.4 Å². The van der Waals surface area contributed by atoms with E-state index in [0.29, 0.717) is 12.6 Å². The van der Waals surface area contributed by atoms with Crippen molar-refractivity contribution < 1.29 is 9.47 Å². The molecule has 0 saturated carbocycles. The molecule has 4 N–H and O–H groups in total. The number of ether oxygens (including phenoxy) is 2. The number of rotatable bonds is 4. The molecule has 0 bridgehead atoms. The number of nitrogens with one attached hydrogen (secondary N) is 2. The van der Waals surface area contributed by atoms with Crippen LogP contribution in [0.15, 0.2) is 24.3 Å². The number of nitrogens with zero attached hydrogens (tertiary/aromatic N) is 2. The zero-order valence-electron chi connectivity index (χ0n) is 14.1. The Hall–Kier alpha value is -2.54. The standard InChI is InChI=1S/C18H23N5O2/c19-18-22-14-7-9-20-8-6-13(14)17(23-18)21-10-5-12-11-24-15-3-1-2-4-16(15)25-12/h1-4,12,20H,5-11H2,(H3,19,21,22,23)/t12-/m0/s1. The van der Waals surface area contributed by atoms with Gasteiger partial charge in [-0.15, -0.1) is 0 Å². The lowest BCUT2D eigenvalue weighted by atomic mass is 10.1. The topological polar surface area (TPSA) is 94.3 Å². The van der Waals surface area contributed by atoms with Gasteiger partial charge < -0.3 is 25.8 Å². The van der Waals surface area contributed by atoms with Crippen LogP contribution < -0.4 is 25.8 Å². The molecule has 1 atom stereocenters. The molecule has 2 aromatic rings. The van der Waals surface area contributed by atoms with Crippen molar-refractivity contribution in [3.8, 4) is 11.5 Å². The second kappa shape index (κ2) is 7.14. The van der Waals surface area contributed by atoms with Crippen LogP contribution in [0.25, 0.3) is 0 Å². The number of aromatic nitrogens is 2. The van der Waals surface area contributed by atoms with E-state index in [-0.39, 0.29) is 6.10 Å². The Balaban J connectivity index is 1.39. The first kappa shape index (κ1) is 16.0. The maximum absolute atomic E-state index is 5.99. The normalized spacial score (nSPS) is 19.0. The molecule has 0 fully saturated rings. The molecule has 7 nitrogen and oxygen atoms in total. The molecule has 3 heterocycles. The smallest absolute Gasteiger partial charge is 0.222 e. The van der Waals surface area contributed by atoms with E-state index in [4.69, 9.17) is 15.2 Å². The number of nitrogens with two attached hydrogens (primary N) is 1. The number of fused-ring (bicyclic) bond motifs is 2. The number of hydrogen-bond donors (Lipinski definition) is 3. The van der Waals surface area contributed by atoms with E-state index in [1.165, 1.54) is 5.56 Å². The van der Waals surface area contributed by atoms with Gasteiger partial charge in [0.2, 0.25) is 5.95 Å². The average molecular weight is 341 g/mol. The van der Waals surface area contributed by atoms with Crippen molar-refractivity contribution in [1.82, 2.24) is 15.3 Å². The molecule has 1 aromatic carbocycles. The van der Waals surface area contributed by atoms with Crippen LogP contribution in [-0.2, 0) is 12.8 Å². The maximum Gasteiger partial charge on any atom is 0.222 e. The van der Waals surface area contributed by atoms with E-state index in [2.05, 4.69) is 20.6 Å². The fraction of sp³-hybridized carbons (Fsp3) is 0.444. The van der Waals surface area contributed by atoms with Crippen molar-refractivity contribution in [3.63, 3.8) is 0 Å².